The van der Waals surface area contributed by atoms with Gasteiger partial charge in [0.15, 0.2) is 17.5 Å². The highest BCUT2D eigenvalue weighted by Crippen LogP contribution is 2.19. The van der Waals surface area contributed by atoms with E-state index in [9.17, 15) is 22.8 Å². The molecule has 0 saturated heterocycles. The summed E-state index contributed by atoms with van der Waals surface area (Å²) in [5.74, 6) is -5.96. The van der Waals surface area contributed by atoms with Crippen LogP contribution < -0.4 is 10.6 Å². The van der Waals surface area contributed by atoms with Gasteiger partial charge in [0.05, 0.1) is 5.69 Å². The number of amides is 2. The number of carbonyl (C=O) groups is 2. The van der Waals surface area contributed by atoms with E-state index in [-0.39, 0.29) is 6.54 Å². The Morgan fingerprint density at radius 3 is 2.26 bits per heavy atom. The second-order valence-electron chi connectivity index (χ2n) is 4.71. The second-order valence-corrected chi connectivity index (χ2v) is 4.71. The van der Waals surface area contributed by atoms with Crippen LogP contribution in [0.4, 0.5) is 18.9 Å². The summed E-state index contributed by atoms with van der Waals surface area (Å²) in [5, 5.41) is 4.55. The standard InChI is InChI=1S/C16H13F3N2O2/c17-11-6-7-12(16(19)15(11)18)21-14(23)8-13(22)20-9-10-4-2-1-3-5-10/h1-7H,8-9H2,(H,20,22)(H,21,23). The number of benzene rings is 2. The highest BCUT2D eigenvalue weighted by molar-refractivity contribution is 6.03. The summed E-state index contributed by atoms with van der Waals surface area (Å²) >= 11 is 0. The van der Waals surface area contributed by atoms with Gasteiger partial charge in [0.1, 0.15) is 6.42 Å². The Bertz CT molecular complexity index is 721. The summed E-state index contributed by atoms with van der Waals surface area (Å²) < 4.78 is 39.2. The van der Waals surface area contributed by atoms with Gasteiger partial charge in [0.2, 0.25) is 11.8 Å². The summed E-state index contributed by atoms with van der Waals surface area (Å²) in [6, 6.07) is 10.6. The lowest BCUT2D eigenvalue weighted by molar-refractivity contribution is -0.126. The van der Waals surface area contributed by atoms with Crippen molar-refractivity contribution in [2.45, 2.75) is 13.0 Å². The maximum Gasteiger partial charge on any atom is 0.233 e. The number of anilines is 1. The van der Waals surface area contributed by atoms with Crippen molar-refractivity contribution >= 4 is 17.5 Å². The molecule has 0 radical (unpaired) electrons. The van der Waals surface area contributed by atoms with E-state index >= 15 is 0 Å². The van der Waals surface area contributed by atoms with Gasteiger partial charge in [-0.15, -0.1) is 0 Å². The second kappa shape index (κ2) is 7.44. The molecule has 2 aromatic carbocycles. The Morgan fingerprint density at radius 2 is 1.57 bits per heavy atom. The van der Waals surface area contributed by atoms with Crippen LogP contribution in [0.15, 0.2) is 42.5 Å². The van der Waals surface area contributed by atoms with Crippen molar-refractivity contribution < 1.29 is 22.8 Å². The Labute approximate surface area is 130 Å². The zero-order valence-electron chi connectivity index (χ0n) is 11.9. The molecule has 0 aromatic heterocycles. The Balaban J connectivity index is 1.87. The molecule has 0 heterocycles. The van der Waals surface area contributed by atoms with Crippen molar-refractivity contribution in [2.24, 2.45) is 0 Å². The zero-order valence-corrected chi connectivity index (χ0v) is 11.9. The van der Waals surface area contributed by atoms with E-state index in [4.69, 9.17) is 0 Å². The predicted octanol–water partition coefficient (Wildman–Crippen LogP) is 2.75. The molecule has 0 atom stereocenters. The van der Waals surface area contributed by atoms with Gasteiger partial charge < -0.3 is 10.6 Å². The molecule has 4 nitrogen and oxygen atoms in total. The first-order valence-electron chi connectivity index (χ1n) is 6.71. The van der Waals surface area contributed by atoms with E-state index in [1.54, 1.807) is 24.3 Å². The highest BCUT2D eigenvalue weighted by atomic mass is 19.2. The summed E-state index contributed by atoms with van der Waals surface area (Å²) in [6.45, 7) is 0.243. The zero-order chi connectivity index (χ0) is 16.8. The fraction of sp³-hybridized carbons (Fsp3) is 0.125. The highest BCUT2D eigenvalue weighted by Gasteiger charge is 2.16. The van der Waals surface area contributed by atoms with Crippen LogP contribution in [0.25, 0.3) is 0 Å². The minimum absolute atomic E-state index is 0.243. The largest absolute Gasteiger partial charge is 0.352 e. The van der Waals surface area contributed by atoms with Gasteiger partial charge in [-0.3, -0.25) is 9.59 Å². The lowest BCUT2D eigenvalue weighted by Crippen LogP contribution is -2.28. The smallest absolute Gasteiger partial charge is 0.233 e. The SMILES string of the molecule is O=C(CC(=O)Nc1ccc(F)c(F)c1F)NCc1ccccc1. The Kier molecular flexibility index (Phi) is 5.35. The van der Waals surface area contributed by atoms with Crippen molar-refractivity contribution in [2.75, 3.05) is 5.32 Å². The molecule has 7 heteroatoms. The molecule has 0 unspecified atom stereocenters. The van der Waals surface area contributed by atoms with E-state index in [1.807, 2.05) is 11.4 Å². The van der Waals surface area contributed by atoms with Crippen LogP contribution in [0.2, 0.25) is 0 Å². The molecule has 0 saturated carbocycles. The average molecular weight is 322 g/mol. The van der Waals surface area contributed by atoms with Crippen molar-refractivity contribution in [1.82, 2.24) is 5.32 Å². The molecule has 2 amide bonds. The Morgan fingerprint density at radius 1 is 0.870 bits per heavy atom. The van der Waals surface area contributed by atoms with E-state index in [2.05, 4.69) is 5.32 Å². The van der Waals surface area contributed by atoms with E-state index < -0.39 is 41.4 Å². The van der Waals surface area contributed by atoms with Crippen LogP contribution in [0.5, 0.6) is 0 Å². The minimum Gasteiger partial charge on any atom is -0.352 e. The quantitative estimate of drug-likeness (QED) is 0.657. The van der Waals surface area contributed by atoms with E-state index in [0.717, 1.165) is 11.6 Å². The lowest BCUT2D eigenvalue weighted by Gasteiger charge is -2.08. The molecule has 0 aliphatic rings. The third-order valence-electron chi connectivity index (χ3n) is 2.96. The number of carbonyl (C=O) groups excluding carboxylic acids is 2. The van der Waals surface area contributed by atoms with Crippen LogP contribution in [-0.2, 0) is 16.1 Å². The number of hydrogen-bond donors (Lipinski definition) is 2. The lowest BCUT2D eigenvalue weighted by atomic mass is 10.2. The van der Waals surface area contributed by atoms with Gasteiger partial charge in [-0.1, -0.05) is 30.3 Å². The number of nitrogens with one attached hydrogen (secondary N) is 2. The van der Waals surface area contributed by atoms with Crippen LogP contribution in [-0.4, -0.2) is 11.8 Å². The van der Waals surface area contributed by atoms with Gasteiger partial charge in [-0.25, -0.2) is 13.2 Å². The monoisotopic (exact) mass is 322 g/mol. The average Bonchev–Trinajstić information content (AvgIpc) is 2.54. The van der Waals surface area contributed by atoms with Crippen LogP contribution in [0.3, 0.4) is 0 Å². The molecule has 2 aromatic rings. The normalized spacial score (nSPS) is 10.2. The van der Waals surface area contributed by atoms with Crippen LogP contribution in [0, 0.1) is 17.5 Å². The van der Waals surface area contributed by atoms with Crippen LogP contribution in [0.1, 0.15) is 12.0 Å². The van der Waals surface area contributed by atoms with Gasteiger partial charge in [-0.2, -0.15) is 0 Å². The first-order chi connectivity index (χ1) is 11.0. The Hall–Kier alpha value is -2.83. The number of hydrogen-bond acceptors (Lipinski definition) is 2. The fourth-order valence-electron chi connectivity index (χ4n) is 1.82. The minimum atomic E-state index is -1.68. The third kappa shape index (κ3) is 4.57. The maximum absolute atomic E-state index is 13.4. The number of rotatable bonds is 5. The summed E-state index contributed by atoms with van der Waals surface area (Å²) in [5.41, 5.74) is 0.331. The molecule has 120 valence electrons. The van der Waals surface area contributed by atoms with E-state index in [0.29, 0.717) is 6.07 Å². The molecule has 0 bridgehead atoms. The van der Waals surface area contributed by atoms with Gasteiger partial charge in [0.25, 0.3) is 0 Å². The summed E-state index contributed by atoms with van der Waals surface area (Å²) in [6.07, 6.45) is -0.564. The third-order valence-corrected chi connectivity index (χ3v) is 2.96. The molecule has 2 N–H and O–H groups in total. The van der Waals surface area contributed by atoms with Crippen molar-refractivity contribution in [3.05, 3.63) is 65.5 Å². The summed E-state index contributed by atoms with van der Waals surface area (Å²) in [7, 11) is 0. The van der Waals surface area contributed by atoms with Crippen molar-refractivity contribution in [1.29, 1.82) is 0 Å². The molecule has 23 heavy (non-hydrogen) atoms. The molecule has 0 spiro atoms. The first kappa shape index (κ1) is 16.5. The van der Waals surface area contributed by atoms with Crippen molar-refractivity contribution in [3.8, 4) is 0 Å². The van der Waals surface area contributed by atoms with Gasteiger partial charge in [-0.05, 0) is 17.7 Å². The summed E-state index contributed by atoms with van der Waals surface area (Å²) in [4.78, 5) is 23.3. The molecular formula is C16H13F3N2O2. The molecule has 0 aliphatic carbocycles. The molecule has 2 rings (SSSR count). The first-order valence-corrected chi connectivity index (χ1v) is 6.71. The van der Waals surface area contributed by atoms with E-state index in [1.165, 1.54) is 0 Å². The predicted molar refractivity (Wildman–Crippen MR) is 77.9 cm³/mol. The van der Waals surface area contributed by atoms with Crippen LogP contribution >= 0.6 is 0 Å². The molecule has 0 aliphatic heterocycles. The maximum atomic E-state index is 13.4. The van der Waals surface area contributed by atoms with Crippen molar-refractivity contribution in [3.63, 3.8) is 0 Å². The molecule has 0 fully saturated rings. The topological polar surface area (TPSA) is 58.2 Å². The number of halogens is 3. The fourth-order valence-corrected chi connectivity index (χ4v) is 1.82. The van der Waals surface area contributed by atoms with Gasteiger partial charge in [0, 0.05) is 6.54 Å². The molecular weight excluding hydrogens is 309 g/mol. The van der Waals surface area contributed by atoms with Gasteiger partial charge >= 0.3 is 0 Å².